The molecule has 8 heteroatoms. The van der Waals surface area contributed by atoms with Crippen LogP contribution in [-0.4, -0.2) is 49.7 Å². The molecule has 5 aliphatic carbocycles. The number of carbonyl (C=O) groups excluding carboxylic acids is 4. The highest BCUT2D eigenvalue weighted by atomic mass is 16.6. The van der Waals surface area contributed by atoms with Gasteiger partial charge in [-0.05, 0) is 97.2 Å². The molecule has 0 unspecified atom stereocenters. The number of nitrogens with one attached hydrogen (secondary N) is 1. The second kappa shape index (κ2) is 11.1. The Bertz CT molecular complexity index is 1290. The van der Waals surface area contributed by atoms with Crippen molar-refractivity contribution in [1.82, 2.24) is 5.32 Å². The van der Waals surface area contributed by atoms with E-state index in [-0.39, 0.29) is 63.3 Å². The second-order valence-corrected chi connectivity index (χ2v) is 17.1. The molecular formula is C37H57NO7. The average molecular weight is 628 g/mol. The van der Waals surface area contributed by atoms with Gasteiger partial charge in [-0.3, -0.25) is 19.2 Å². The van der Waals surface area contributed by atoms with Crippen LogP contribution in [0, 0.1) is 50.2 Å². The molecule has 4 fully saturated rings. The van der Waals surface area contributed by atoms with E-state index in [9.17, 15) is 19.2 Å². The molecule has 0 aliphatic heterocycles. The first-order valence-electron chi connectivity index (χ1n) is 17.2. The van der Waals surface area contributed by atoms with E-state index in [4.69, 9.17) is 14.2 Å². The molecule has 0 heterocycles. The van der Waals surface area contributed by atoms with Crippen LogP contribution >= 0.6 is 0 Å². The van der Waals surface area contributed by atoms with Gasteiger partial charge in [-0.15, -0.1) is 0 Å². The van der Waals surface area contributed by atoms with E-state index in [0.29, 0.717) is 6.42 Å². The van der Waals surface area contributed by atoms with Crippen molar-refractivity contribution in [3.63, 3.8) is 0 Å². The molecule has 0 saturated heterocycles. The highest BCUT2D eigenvalue weighted by Crippen LogP contribution is 2.76. The number of fused-ring (bicyclic) bond motifs is 7. The van der Waals surface area contributed by atoms with Crippen LogP contribution in [0.25, 0.3) is 0 Å². The van der Waals surface area contributed by atoms with E-state index < -0.39 is 29.6 Å². The molecule has 0 aromatic carbocycles. The first-order valence-corrected chi connectivity index (χ1v) is 17.2. The number of ether oxygens (including phenoxy) is 3. The normalized spacial score (nSPS) is 44.8. The lowest BCUT2D eigenvalue weighted by atomic mass is 9.33. The van der Waals surface area contributed by atoms with Crippen molar-refractivity contribution in [1.29, 1.82) is 0 Å². The second-order valence-electron chi connectivity index (χ2n) is 17.1. The number of amides is 1. The fourth-order valence-corrected chi connectivity index (χ4v) is 11.9. The Morgan fingerprint density at radius 2 is 1.47 bits per heavy atom. The first-order chi connectivity index (χ1) is 20.8. The summed E-state index contributed by atoms with van der Waals surface area (Å²) in [6.45, 7) is 18.3. The van der Waals surface area contributed by atoms with E-state index in [2.05, 4.69) is 52.9 Å². The van der Waals surface area contributed by atoms with Crippen molar-refractivity contribution in [3.8, 4) is 0 Å². The van der Waals surface area contributed by atoms with Crippen LogP contribution in [0.2, 0.25) is 0 Å². The molecule has 0 radical (unpaired) electrons. The fraction of sp³-hybridized carbons (Fsp3) is 0.838. The Morgan fingerprint density at radius 3 is 2.07 bits per heavy atom. The van der Waals surface area contributed by atoms with Crippen LogP contribution in [-0.2, 0) is 33.4 Å². The minimum Gasteiger partial charge on any atom is -0.465 e. The highest BCUT2D eigenvalue weighted by molar-refractivity contribution is 5.84. The first kappa shape index (κ1) is 34.0. The van der Waals surface area contributed by atoms with Gasteiger partial charge in [0.1, 0.15) is 18.8 Å². The van der Waals surface area contributed by atoms with Crippen molar-refractivity contribution in [2.45, 2.75) is 132 Å². The van der Waals surface area contributed by atoms with Crippen LogP contribution in [0.1, 0.15) is 120 Å². The quantitative estimate of drug-likeness (QED) is 0.209. The van der Waals surface area contributed by atoms with Crippen molar-refractivity contribution >= 4 is 23.8 Å². The molecule has 45 heavy (non-hydrogen) atoms. The van der Waals surface area contributed by atoms with Crippen molar-refractivity contribution in [3.05, 3.63) is 11.6 Å². The molecule has 0 aromatic heterocycles. The number of esters is 3. The van der Waals surface area contributed by atoms with Gasteiger partial charge in [-0.2, -0.15) is 0 Å². The summed E-state index contributed by atoms with van der Waals surface area (Å²) in [4.78, 5) is 50.7. The van der Waals surface area contributed by atoms with E-state index in [1.54, 1.807) is 7.05 Å². The van der Waals surface area contributed by atoms with E-state index in [1.807, 2.05) is 0 Å². The molecule has 10 atom stereocenters. The summed E-state index contributed by atoms with van der Waals surface area (Å²) in [6.07, 6.45) is 9.29. The van der Waals surface area contributed by atoms with Gasteiger partial charge in [-0.25, -0.2) is 0 Å². The standard InChI is InChI=1S/C37H57NO7/c1-22(39)43-21-34(7)28-13-14-36(9)29(33(28,6)20-27(44-23(2)40)30(34)45-24(3)41)12-11-25-26-19-32(4,5)15-17-37(26,31(42)38-10)18-16-35(25,36)8/h11,26-30H,12-21H2,1-10H3,(H,38,42)/t26-,27+,28+,29+,30-,33-,34-,35+,36+,37-/m0/s1. The maximum Gasteiger partial charge on any atom is 0.303 e. The number of hydrogen-bond donors (Lipinski definition) is 1. The zero-order valence-corrected chi connectivity index (χ0v) is 29.4. The zero-order chi connectivity index (χ0) is 33.4. The molecule has 4 saturated carbocycles. The summed E-state index contributed by atoms with van der Waals surface area (Å²) in [6, 6.07) is 0. The Morgan fingerprint density at radius 1 is 0.822 bits per heavy atom. The molecule has 1 N–H and O–H groups in total. The van der Waals surface area contributed by atoms with Crippen LogP contribution in [0.3, 0.4) is 0 Å². The minimum absolute atomic E-state index is 0.0594. The smallest absolute Gasteiger partial charge is 0.303 e. The van der Waals surface area contributed by atoms with Gasteiger partial charge < -0.3 is 19.5 Å². The van der Waals surface area contributed by atoms with Crippen molar-refractivity contribution < 1.29 is 33.4 Å². The Balaban J connectivity index is 1.62. The van der Waals surface area contributed by atoms with E-state index in [1.165, 1.54) is 26.3 Å². The van der Waals surface area contributed by atoms with Crippen molar-refractivity contribution in [2.24, 2.45) is 50.2 Å². The number of carbonyl (C=O) groups is 4. The molecule has 5 rings (SSSR count). The van der Waals surface area contributed by atoms with E-state index in [0.717, 1.165) is 51.4 Å². The topological polar surface area (TPSA) is 108 Å². The third-order valence-corrected chi connectivity index (χ3v) is 14.2. The van der Waals surface area contributed by atoms with Gasteiger partial charge in [0.15, 0.2) is 0 Å². The number of allylic oxidation sites excluding steroid dienone is 2. The maximum absolute atomic E-state index is 13.7. The number of hydrogen-bond acceptors (Lipinski definition) is 7. The highest BCUT2D eigenvalue weighted by Gasteiger charge is 2.71. The predicted octanol–water partition coefficient (Wildman–Crippen LogP) is 6.55. The lowest BCUT2D eigenvalue weighted by Crippen LogP contribution is -2.69. The summed E-state index contributed by atoms with van der Waals surface area (Å²) in [5.41, 5.74) is 0.124. The van der Waals surface area contributed by atoms with Gasteiger partial charge in [0.2, 0.25) is 5.91 Å². The minimum atomic E-state index is -0.745. The Hall–Kier alpha value is -2.38. The van der Waals surface area contributed by atoms with Gasteiger partial charge >= 0.3 is 17.9 Å². The molecular weight excluding hydrogens is 570 g/mol. The lowest BCUT2D eigenvalue weighted by Gasteiger charge is -2.71. The molecule has 0 aromatic rings. The molecule has 8 nitrogen and oxygen atoms in total. The molecule has 0 spiro atoms. The van der Waals surface area contributed by atoms with Gasteiger partial charge in [0.25, 0.3) is 0 Å². The van der Waals surface area contributed by atoms with Gasteiger partial charge in [0, 0.05) is 33.2 Å². The lowest BCUT2D eigenvalue weighted by molar-refractivity contribution is -0.255. The Labute approximate surface area is 270 Å². The predicted molar refractivity (Wildman–Crippen MR) is 171 cm³/mol. The fourth-order valence-electron chi connectivity index (χ4n) is 11.9. The average Bonchev–Trinajstić information content (AvgIpc) is 2.93. The van der Waals surface area contributed by atoms with Gasteiger partial charge in [0.05, 0.1) is 5.41 Å². The summed E-state index contributed by atoms with van der Waals surface area (Å²) in [7, 11) is 1.79. The Kier molecular flexibility index (Phi) is 8.39. The molecule has 252 valence electrons. The van der Waals surface area contributed by atoms with E-state index >= 15 is 0 Å². The van der Waals surface area contributed by atoms with Crippen LogP contribution < -0.4 is 5.32 Å². The van der Waals surface area contributed by atoms with Crippen molar-refractivity contribution in [2.75, 3.05) is 13.7 Å². The summed E-state index contributed by atoms with van der Waals surface area (Å²) >= 11 is 0. The largest absolute Gasteiger partial charge is 0.465 e. The van der Waals surface area contributed by atoms with Crippen LogP contribution in [0.5, 0.6) is 0 Å². The van der Waals surface area contributed by atoms with Gasteiger partial charge in [-0.1, -0.05) is 53.2 Å². The monoisotopic (exact) mass is 627 g/mol. The van der Waals surface area contributed by atoms with Crippen LogP contribution in [0.4, 0.5) is 0 Å². The summed E-state index contributed by atoms with van der Waals surface area (Å²) in [5, 5.41) is 3.06. The molecule has 1 amide bonds. The number of rotatable bonds is 5. The van der Waals surface area contributed by atoms with Crippen LogP contribution in [0.15, 0.2) is 11.6 Å². The summed E-state index contributed by atoms with van der Waals surface area (Å²) in [5.74, 6) is -0.499. The third-order valence-electron chi connectivity index (χ3n) is 14.2. The SMILES string of the molecule is CNC(=O)[C@]12CCC(C)(C)C[C@H]1C1=CC[C@@H]3[C@@]4(C)C[C@@H](OC(C)=O)[C@H](OC(C)=O)[C@@](C)(COC(C)=O)[C@@H]4CC[C@@]3(C)[C@]1(C)CC2. The molecule has 0 bridgehead atoms. The summed E-state index contributed by atoms with van der Waals surface area (Å²) < 4.78 is 17.7. The maximum atomic E-state index is 13.7. The third kappa shape index (κ3) is 5.06. The molecule has 5 aliphatic rings. The zero-order valence-electron chi connectivity index (χ0n) is 29.4.